The molecule has 1 heterocycles. The Hall–Kier alpha value is -2.14. The highest BCUT2D eigenvalue weighted by atomic mass is 16.1. The molecule has 1 aliphatic rings. The lowest BCUT2D eigenvalue weighted by Crippen LogP contribution is -2.33. The van der Waals surface area contributed by atoms with Crippen molar-refractivity contribution in [2.75, 3.05) is 12.4 Å². The van der Waals surface area contributed by atoms with Crippen LogP contribution in [0.15, 0.2) is 36.7 Å². The van der Waals surface area contributed by atoms with E-state index < -0.39 is 0 Å². The molecule has 0 atom stereocenters. The Morgan fingerprint density at radius 1 is 1.29 bits per heavy atom. The Kier molecular flexibility index (Phi) is 5.30. The first-order valence-electron chi connectivity index (χ1n) is 8.71. The van der Waals surface area contributed by atoms with Gasteiger partial charge in [-0.1, -0.05) is 37.5 Å². The minimum atomic E-state index is -0.115. The first-order valence-corrected chi connectivity index (χ1v) is 8.71. The molecule has 5 heteroatoms. The molecule has 0 saturated heterocycles. The van der Waals surface area contributed by atoms with Crippen LogP contribution in [0.3, 0.4) is 0 Å². The molecule has 2 aromatic rings. The number of benzene rings is 1. The second-order valence-electron chi connectivity index (χ2n) is 6.72. The van der Waals surface area contributed by atoms with Gasteiger partial charge in [0.25, 0.3) is 5.91 Å². The normalized spacial score (nSPS) is 15.6. The van der Waals surface area contributed by atoms with Gasteiger partial charge in [-0.05, 0) is 31.5 Å². The highest BCUT2D eigenvalue weighted by molar-refractivity contribution is 6.04. The summed E-state index contributed by atoms with van der Waals surface area (Å²) in [5, 5.41) is 7.09. The zero-order valence-electron chi connectivity index (χ0n) is 14.5. The number of hydrogen-bond donors (Lipinski definition) is 1. The van der Waals surface area contributed by atoms with Gasteiger partial charge >= 0.3 is 0 Å². The van der Waals surface area contributed by atoms with Crippen LogP contribution in [0.2, 0.25) is 0 Å². The van der Waals surface area contributed by atoms with Gasteiger partial charge in [0.15, 0.2) is 0 Å². The molecule has 3 rings (SSSR count). The fourth-order valence-electron chi connectivity index (χ4n) is 3.43. The zero-order chi connectivity index (χ0) is 16.9. The number of para-hydroxylation sites is 1. The Bertz CT molecular complexity index is 688. The molecule has 0 unspecified atom stereocenters. The van der Waals surface area contributed by atoms with E-state index in [0.717, 1.165) is 17.8 Å². The van der Waals surface area contributed by atoms with E-state index in [1.54, 1.807) is 17.1 Å². The second kappa shape index (κ2) is 7.62. The first kappa shape index (κ1) is 16.7. The van der Waals surface area contributed by atoms with Crippen molar-refractivity contribution in [2.24, 2.45) is 7.05 Å². The van der Waals surface area contributed by atoms with Gasteiger partial charge in [-0.2, -0.15) is 5.10 Å². The smallest absolute Gasteiger partial charge is 0.258 e. The maximum Gasteiger partial charge on any atom is 0.258 e. The number of aromatic nitrogens is 2. The minimum absolute atomic E-state index is 0.115. The largest absolute Gasteiger partial charge is 0.322 e. The van der Waals surface area contributed by atoms with Crippen LogP contribution < -0.4 is 5.32 Å². The van der Waals surface area contributed by atoms with Gasteiger partial charge in [-0.15, -0.1) is 0 Å². The van der Waals surface area contributed by atoms with E-state index in [0.29, 0.717) is 11.6 Å². The molecular formula is C19H26N4O. The van der Waals surface area contributed by atoms with Crippen molar-refractivity contribution in [1.82, 2.24) is 14.7 Å². The summed E-state index contributed by atoms with van der Waals surface area (Å²) < 4.78 is 1.64. The maximum atomic E-state index is 12.4. The van der Waals surface area contributed by atoms with Gasteiger partial charge in [0.2, 0.25) is 0 Å². The van der Waals surface area contributed by atoms with Crippen LogP contribution in [0.1, 0.15) is 48.0 Å². The summed E-state index contributed by atoms with van der Waals surface area (Å²) in [6, 6.07) is 8.71. The third-order valence-electron chi connectivity index (χ3n) is 4.85. The molecule has 128 valence electrons. The molecule has 1 N–H and O–H groups in total. The average molecular weight is 326 g/mol. The summed E-state index contributed by atoms with van der Waals surface area (Å²) in [5.41, 5.74) is 2.62. The molecule has 1 aliphatic carbocycles. The molecule has 1 aromatic carbocycles. The molecule has 0 aliphatic heterocycles. The van der Waals surface area contributed by atoms with Crippen LogP contribution >= 0.6 is 0 Å². The van der Waals surface area contributed by atoms with Crippen LogP contribution in [-0.4, -0.2) is 33.7 Å². The van der Waals surface area contributed by atoms with Crippen LogP contribution in [0, 0.1) is 0 Å². The van der Waals surface area contributed by atoms with E-state index >= 15 is 0 Å². The quantitative estimate of drug-likeness (QED) is 0.916. The van der Waals surface area contributed by atoms with E-state index in [-0.39, 0.29) is 5.91 Å². The van der Waals surface area contributed by atoms with E-state index in [9.17, 15) is 4.79 Å². The van der Waals surface area contributed by atoms with Crippen molar-refractivity contribution in [3.05, 3.63) is 47.8 Å². The topological polar surface area (TPSA) is 50.2 Å². The van der Waals surface area contributed by atoms with Crippen LogP contribution in [-0.2, 0) is 13.6 Å². The highest BCUT2D eigenvalue weighted by Crippen LogP contribution is 2.25. The summed E-state index contributed by atoms with van der Waals surface area (Å²) in [7, 11) is 4.00. The molecule has 0 radical (unpaired) electrons. The number of rotatable bonds is 5. The SMILES string of the molecule is CN(Cc1ccccc1NC(=O)c1cnn(C)c1)C1CCCCC1. The van der Waals surface area contributed by atoms with Crippen LogP contribution in [0.5, 0.6) is 0 Å². The van der Waals surface area contributed by atoms with Gasteiger partial charge in [0, 0.05) is 31.5 Å². The summed E-state index contributed by atoms with van der Waals surface area (Å²) in [6.45, 7) is 0.855. The molecule has 1 fully saturated rings. The monoisotopic (exact) mass is 326 g/mol. The van der Waals surface area contributed by atoms with Gasteiger partial charge < -0.3 is 5.32 Å². The van der Waals surface area contributed by atoms with E-state index in [4.69, 9.17) is 0 Å². The number of carbonyl (C=O) groups is 1. The lowest BCUT2D eigenvalue weighted by Gasteiger charge is -2.31. The lowest BCUT2D eigenvalue weighted by molar-refractivity contribution is 0.102. The number of aryl methyl sites for hydroxylation is 1. The summed E-state index contributed by atoms with van der Waals surface area (Å²) >= 11 is 0. The average Bonchev–Trinajstić information content (AvgIpc) is 3.04. The van der Waals surface area contributed by atoms with Crippen molar-refractivity contribution in [1.29, 1.82) is 0 Å². The number of nitrogens with zero attached hydrogens (tertiary/aromatic N) is 3. The molecule has 1 amide bonds. The Morgan fingerprint density at radius 3 is 2.75 bits per heavy atom. The van der Waals surface area contributed by atoms with Crippen molar-refractivity contribution in [3.8, 4) is 0 Å². The lowest BCUT2D eigenvalue weighted by atomic mass is 9.94. The van der Waals surface area contributed by atoms with Gasteiger partial charge in [0.1, 0.15) is 0 Å². The Balaban J connectivity index is 1.69. The fourth-order valence-corrected chi connectivity index (χ4v) is 3.43. The Morgan fingerprint density at radius 2 is 2.04 bits per heavy atom. The van der Waals surface area contributed by atoms with E-state index in [1.807, 2.05) is 25.2 Å². The van der Waals surface area contributed by atoms with Gasteiger partial charge in [-0.25, -0.2) is 0 Å². The molecular weight excluding hydrogens is 300 g/mol. The van der Waals surface area contributed by atoms with Crippen molar-refractivity contribution >= 4 is 11.6 Å². The maximum absolute atomic E-state index is 12.4. The first-order chi connectivity index (χ1) is 11.6. The van der Waals surface area contributed by atoms with Crippen molar-refractivity contribution in [2.45, 2.75) is 44.7 Å². The number of nitrogens with one attached hydrogen (secondary N) is 1. The molecule has 0 bridgehead atoms. The molecule has 1 aromatic heterocycles. The second-order valence-corrected chi connectivity index (χ2v) is 6.72. The van der Waals surface area contributed by atoms with Crippen LogP contribution in [0.25, 0.3) is 0 Å². The number of amides is 1. The minimum Gasteiger partial charge on any atom is -0.322 e. The number of anilines is 1. The number of carbonyl (C=O) groups excluding carboxylic acids is 1. The highest BCUT2D eigenvalue weighted by Gasteiger charge is 2.19. The van der Waals surface area contributed by atoms with E-state index in [2.05, 4.69) is 28.4 Å². The molecule has 5 nitrogen and oxygen atoms in total. The van der Waals surface area contributed by atoms with Crippen LogP contribution in [0.4, 0.5) is 5.69 Å². The number of hydrogen-bond acceptors (Lipinski definition) is 3. The predicted molar refractivity (Wildman–Crippen MR) is 95.9 cm³/mol. The molecule has 1 saturated carbocycles. The standard InChI is InChI=1S/C19H26N4O/c1-22(17-9-4-3-5-10-17)13-15-8-6-7-11-18(15)21-19(24)16-12-20-23(2)14-16/h6-8,11-12,14,17H,3-5,9-10,13H2,1-2H3,(H,21,24). The molecule has 24 heavy (non-hydrogen) atoms. The molecule has 0 spiro atoms. The van der Waals surface area contributed by atoms with Crippen molar-refractivity contribution in [3.63, 3.8) is 0 Å². The van der Waals surface area contributed by atoms with Gasteiger partial charge in [-0.3, -0.25) is 14.4 Å². The van der Waals surface area contributed by atoms with Gasteiger partial charge in [0.05, 0.1) is 11.8 Å². The Labute approximate surface area is 143 Å². The summed E-state index contributed by atoms with van der Waals surface area (Å²) in [6.07, 6.45) is 9.89. The summed E-state index contributed by atoms with van der Waals surface area (Å²) in [5.74, 6) is -0.115. The zero-order valence-corrected chi connectivity index (χ0v) is 14.5. The van der Waals surface area contributed by atoms with E-state index in [1.165, 1.54) is 32.1 Å². The summed E-state index contributed by atoms with van der Waals surface area (Å²) in [4.78, 5) is 14.8. The fraction of sp³-hybridized carbons (Fsp3) is 0.474. The van der Waals surface area contributed by atoms with Crippen molar-refractivity contribution < 1.29 is 4.79 Å². The third kappa shape index (κ3) is 4.03. The third-order valence-corrected chi connectivity index (χ3v) is 4.85. The predicted octanol–water partition coefficient (Wildman–Crippen LogP) is 3.44.